The van der Waals surface area contributed by atoms with Crippen molar-refractivity contribution in [1.82, 2.24) is 20.3 Å². The summed E-state index contributed by atoms with van der Waals surface area (Å²) in [5, 5.41) is 3.48. The van der Waals surface area contributed by atoms with Gasteiger partial charge in [0.1, 0.15) is 5.69 Å². The van der Waals surface area contributed by atoms with E-state index in [1.54, 1.807) is 6.20 Å². The summed E-state index contributed by atoms with van der Waals surface area (Å²) in [6.45, 7) is 4.87. The van der Waals surface area contributed by atoms with Gasteiger partial charge in [-0.1, -0.05) is 0 Å². The molecule has 19 heavy (non-hydrogen) atoms. The Balaban J connectivity index is 1.87. The first-order valence-electron chi connectivity index (χ1n) is 6.72. The van der Waals surface area contributed by atoms with Crippen molar-refractivity contribution in [1.29, 1.82) is 0 Å². The highest BCUT2D eigenvalue weighted by molar-refractivity contribution is 5.50. The van der Waals surface area contributed by atoms with E-state index in [2.05, 4.69) is 27.2 Å². The first-order chi connectivity index (χ1) is 9.20. The number of nitrogens with zero attached hydrogens (tertiary/aromatic N) is 3. The van der Waals surface area contributed by atoms with Crippen molar-refractivity contribution in [3.8, 4) is 11.5 Å². The van der Waals surface area contributed by atoms with E-state index in [0.29, 0.717) is 6.04 Å². The van der Waals surface area contributed by atoms with Crippen LogP contribution in [0.4, 0.5) is 0 Å². The number of hydrogen-bond acceptors (Lipinski definition) is 4. The van der Waals surface area contributed by atoms with Crippen LogP contribution in [0.25, 0.3) is 11.5 Å². The molecule has 1 saturated carbocycles. The Kier molecular flexibility index (Phi) is 3.25. The van der Waals surface area contributed by atoms with Crippen molar-refractivity contribution in [2.75, 3.05) is 0 Å². The Labute approximate surface area is 113 Å². The maximum absolute atomic E-state index is 4.61. The highest BCUT2D eigenvalue weighted by atomic mass is 15.0. The average Bonchev–Trinajstić information content (AvgIpc) is 3.20. The van der Waals surface area contributed by atoms with E-state index >= 15 is 0 Å². The Bertz CT molecular complexity index is 590. The molecular formula is C15H18N4. The second kappa shape index (κ2) is 5.05. The summed E-state index contributed by atoms with van der Waals surface area (Å²) in [5.74, 6) is 0.719. The highest BCUT2D eigenvalue weighted by Gasteiger charge is 2.20. The fourth-order valence-electron chi connectivity index (χ4n) is 2.03. The van der Waals surface area contributed by atoms with Crippen LogP contribution in [0.2, 0.25) is 0 Å². The van der Waals surface area contributed by atoms with E-state index < -0.39 is 0 Å². The largest absolute Gasteiger partial charge is 0.308 e. The third kappa shape index (κ3) is 3.15. The molecule has 0 radical (unpaired) electrons. The minimum absolute atomic E-state index is 0.691. The number of aromatic nitrogens is 3. The molecule has 1 aliphatic carbocycles. The molecule has 4 nitrogen and oxygen atoms in total. The molecule has 0 amide bonds. The second-order valence-electron chi connectivity index (χ2n) is 5.20. The third-order valence-corrected chi connectivity index (χ3v) is 3.20. The molecular weight excluding hydrogens is 236 g/mol. The van der Waals surface area contributed by atoms with Gasteiger partial charge in [0.25, 0.3) is 0 Å². The fourth-order valence-corrected chi connectivity index (χ4v) is 2.03. The minimum atomic E-state index is 0.691. The molecule has 4 heteroatoms. The van der Waals surface area contributed by atoms with Gasteiger partial charge in [-0.15, -0.1) is 0 Å². The van der Waals surface area contributed by atoms with Crippen LogP contribution < -0.4 is 5.32 Å². The lowest BCUT2D eigenvalue weighted by Gasteiger charge is -2.07. The zero-order valence-corrected chi connectivity index (χ0v) is 11.3. The van der Waals surface area contributed by atoms with Gasteiger partial charge in [-0.25, -0.2) is 9.97 Å². The maximum atomic E-state index is 4.61. The Morgan fingerprint density at radius 2 is 2.05 bits per heavy atom. The zero-order valence-electron chi connectivity index (χ0n) is 11.3. The SMILES string of the molecule is Cc1ccnc(-c2nc(C)cc(CNC3CC3)n2)c1. The monoisotopic (exact) mass is 254 g/mol. The van der Waals surface area contributed by atoms with E-state index in [4.69, 9.17) is 0 Å². The lowest BCUT2D eigenvalue weighted by atomic mass is 10.2. The van der Waals surface area contributed by atoms with Crippen LogP contribution in [0, 0.1) is 13.8 Å². The summed E-state index contributed by atoms with van der Waals surface area (Å²) in [4.78, 5) is 13.4. The van der Waals surface area contributed by atoms with Crippen molar-refractivity contribution in [3.05, 3.63) is 41.3 Å². The molecule has 0 saturated heterocycles. The number of nitrogens with one attached hydrogen (secondary N) is 1. The van der Waals surface area contributed by atoms with Gasteiger partial charge in [-0.05, 0) is 50.5 Å². The summed E-state index contributed by atoms with van der Waals surface area (Å²) in [7, 11) is 0. The van der Waals surface area contributed by atoms with E-state index in [0.717, 1.165) is 29.5 Å². The molecule has 0 unspecified atom stereocenters. The van der Waals surface area contributed by atoms with E-state index in [1.807, 2.05) is 25.1 Å². The van der Waals surface area contributed by atoms with Gasteiger partial charge in [0.2, 0.25) is 0 Å². The molecule has 1 aliphatic rings. The highest BCUT2D eigenvalue weighted by Crippen LogP contribution is 2.20. The van der Waals surface area contributed by atoms with Crippen molar-refractivity contribution in [2.45, 2.75) is 39.3 Å². The van der Waals surface area contributed by atoms with Gasteiger partial charge >= 0.3 is 0 Å². The van der Waals surface area contributed by atoms with Crippen molar-refractivity contribution in [3.63, 3.8) is 0 Å². The number of aryl methyl sites for hydroxylation is 2. The summed E-state index contributed by atoms with van der Waals surface area (Å²) < 4.78 is 0. The summed E-state index contributed by atoms with van der Waals surface area (Å²) in [6.07, 6.45) is 4.38. The van der Waals surface area contributed by atoms with E-state index in [-0.39, 0.29) is 0 Å². The van der Waals surface area contributed by atoms with Crippen LogP contribution in [0.5, 0.6) is 0 Å². The third-order valence-electron chi connectivity index (χ3n) is 3.20. The lowest BCUT2D eigenvalue weighted by molar-refractivity contribution is 0.672. The maximum Gasteiger partial charge on any atom is 0.178 e. The molecule has 2 aromatic heterocycles. The summed E-state index contributed by atoms with van der Waals surface area (Å²) in [6, 6.07) is 6.73. The Hall–Kier alpha value is -1.81. The fraction of sp³-hybridized carbons (Fsp3) is 0.400. The molecule has 0 aliphatic heterocycles. The van der Waals surface area contributed by atoms with Gasteiger partial charge < -0.3 is 5.32 Å². The Morgan fingerprint density at radius 1 is 1.21 bits per heavy atom. The molecule has 0 aromatic carbocycles. The Morgan fingerprint density at radius 3 is 2.79 bits per heavy atom. The van der Waals surface area contributed by atoms with Gasteiger partial charge in [-0.2, -0.15) is 0 Å². The minimum Gasteiger partial charge on any atom is -0.308 e. The molecule has 0 atom stereocenters. The van der Waals surface area contributed by atoms with Crippen molar-refractivity contribution < 1.29 is 0 Å². The van der Waals surface area contributed by atoms with Gasteiger partial charge in [0.15, 0.2) is 5.82 Å². The van der Waals surface area contributed by atoms with Crippen LogP contribution in [0.15, 0.2) is 24.4 Å². The summed E-state index contributed by atoms with van der Waals surface area (Å²) >= 11 is 0. The number of rotatable bonds is 4. The molecule has 2 aromatic rings. The summed E-state index contributed by atoms with van der Waals surface area (Å²) in [5.41, 5.74) is 4.04. The standard InChI is InChI=1S/C15H18N4/c1-10-5-6-16-14(7-10)15-18-11(2)8-13(19-15)9-17-12-3-4-12/h5-8,12,17H,3-4,9H2,1-2H3. The van der Waals surface area contributed by atoms with Crippen LogP contribution in [-0.4, -0.2) is 21.0 Å². The normalized spacial score (nSPS) is 14.6. The molecule has 0 spiro atoms. The molecule has 1 fully saturated rings. The van der Waals surface area contributed by atoms with Gasteiger partial charge in [0.05, 0.1) is 5.69 Å². The molecule has 3 rings (SSSR count). The molecule has 1 N–H and O–H groups in total. The topological polar surface area (TPSA) is 50.7 Å². The molecule has 0 bridgehead atoms. The quantitative estimate of drug-likeness (QED) is 0.910. The first kappa shape index (κ1) is 12.2. The molecule has 98 valence electrons. The van der Waals surface area contributed by atoms with Crippen molar-refractivity contribution in [2.24, 2.45) is 0 Å². The van der Waals surface area contributed by atoms with Crippen LogP contribution in [0.3, 0.4) is 0 Å². The second-order valence-corrected chi connectivity index (χ2v) is 5.20. The van der Waals surface area contributed by atoms with Crippen LogP contribution >= 0.6 is 0 Å². The first-order valence-corrected chi connectivity index (χ1v) is 6.72. The number of pyridine rings is 1. The lowest BCUT2D eigenvalue weighted by Crippen LogP contribution is -2.16. The average molecular weight is 254 g/mol. The van der Waals surface area contributed by atoms with Gasteiger partial charge in [-0.3, -0.25) is 4.98 Å². The smallest absolute Gasteiger partial charge is 0.178 e. The van der Waals surface area contributed by atoms with Crippen LogP contribution in [-0.2, 0) is 6.54 Å². The van der Waals surface area contributed by atoms with Crippen molar-refractivity contribution >= 4 is 0 Å². The predicted molar refractivity (Wildman–Crippen MR) is 74.6 cm³/mol. The predicted octanol–water partition coefficient (Wildman–Crippen LogP) is 2.41. The van der Waals surface area contributed by atoms with Gasteiger partial charge in [0, 0.05) is 24.5 Å². The molecule has 2 heterocycles. The van der Waals surface area contributed by atoms with E-state index in [9.17, 15) is 0 Å². The number of hydrogen-bond donors (Lipinski definition) is 1. The zero-order chi connectivity index (χ0) is 13.2. The van der Waals surface area contributed by atoms with E-state index in [1.165, 1.54) is 18.4 Å². The van der Waals surface area contributed by atoms with Crippen LogP contribution in [0.1, 0.15) is 29.8 Å².